The quantitative estimate of drug-likeness (QED) is 0.778. The summed E-state index contributed by atoms with van der Waals surface area (Å²) < 4.78 is 3.18. The van der Waals surface area contributed by atoms with Crippen molar-refractivity contribution in [2.75, 3.05) is 31.1 Å². The Bertz CT molecular complexity index is 723. The molecule has 1 N–H and O–H groups in total. The second-order valence-corrected chi connectivity index (χ2v) is 6.89. The molecule has 2 aromatic heterocycles. The molecule has 8 heteroatoms. The molecule has 0 bridgehead atoms. The second-order valence-electron chi connectivity index (χ2n) is 5.80. The van der Waals surface area contributed by atoms with Crippen LogP contribution in [0, 0.1) is 6.92 Å². The fourth-order valence-corrected chi connectivity index (χ4v) is 2.73. The van der Waals surface area contributed by atoms with Crippen molar-refractivity contribution in [1.29, 1.82) is 0 Å². The Labute approximate surface area is 128 Å². The van der Waals surface area contributed by atoms with Gasteiger partial charge < -0.3 is 10.2 Å². The molecule has 1 aliphatic heterocycles. The number of aromatic nitrogens is 4. The third-order valence-corrected chi connectivity index (χ3v) is 3.92. The molecular formula is C13H20N6OS. The summed E-state index contributed by atoms with van der Waals surface area (Å²) in [6.45, 7) is 9.11. The Morgan fingerprint density at radius 2 is 2.00 bits per heavy atom. The first kappa shape index (κ1) is 14.4. The number of anilines is 1. The normalized spacial score (nSPS) is 16.7. The lowest BCUT2D eigenvalue weighted by Crippen LogP contribution is -2.44. The lowest BCUT2D eigenvalue weighted by Gasteiger charge is -2.27. The number of nitrogens with zero attached hydrogens (tertiary/aromatic N) is 5. The predicted octanol–water partition coefficient (Wildman–Crippen LogP) is 0.231. The Balaban J connectivity index is 2.18. The van der Waals surface area contributed by atoms with E-state index in [-0.39, 0.29) is 5.56 Å². The standard InChI is InChI=1S/C13H20N6OS/c1-9-10-11(20)18(13(2,3)21)8-15-19(10)12(16-9)17-6-4-14-5-7-17/h8,14,21H,4-7H2,1-3H3. The van der Waals surface area contributed by atoms with E-state index in [0.29, 0.717) is 11.2 Å². The topological polar surface area (TPSA) is 67.5 Å². The molecule has 0 atom stereocenters. The first-order valence-electron chi connectivity index (χ1n) is 7.05. The summed E-state index contributed by atoms with van der Waals surface area (Å²) in [4.78, 5) is 18.8. The number of fused-ring (bicyclic) bond motifs is 1. The summed E-state index contributed by atoms with van der Waals surface area (Å²) in [6.07, 6.45) is 1.54. The van der Waals surface area contributed by atoms with Crippen LogP contribution in [0.15, 0.2) is 11.1 Å². The van der Waals surface area contributed by atoms with Gasteiger partial charge in [0.15, 0.2) is 5.52 Å². The van der Waals surface area contributed by atoms with E-state index in [2.05, 4.69) is 32.9 Å². The summed E-state index contributed by atoms with van der Waals surface area (Å²) in [5.74, 6) is 0.741. The number of rotatable bonds is 2. The molecule has 0 saturated carbocycles. The highest BCUT2D eigenvalue weighted by molar-refractivity contribution is 7.81. The van der Waals surface area contributed by atoms with Crippen molar-refractivity contribution in [1.82, 2.24) is 24.5 Å². The second kappa shape index (κ2) is 5.03. The van der Waals surface area contributed by atoms with E-state index in [9.17, 15) is 4.79 Å². The van der Waals surface area contributed by atoms with Crippen LogP contribution in [0.1, 0.15) is 19.5 Å². The minimum Gasteiger partial charge on any atom is -0.338 e. The van der Waals surface area contributed by atoms with Crippen LogP contribution in [-0.2, 0) is 4.87 Å². The predicted molar refractivity (Wildman–Crippen MR) is 85.4 cm³/mol. The van der Waals surface area contributed by atoms with Gasteiger partial charge in [-0.05, 0) is 20.8 Å². The van der Waals surface area contributed by atoms with E-state index in [4.69, 9.17) is 0 Å². The molecule has 1 saturated heterocycles. The van der Waals surface area contributed by atoms with Crippen molar-refractivity contribution >= 4 is 24.1 Å². The molecule has 0 aliphatic carbocycles. The van der Waals surface area contributed by atoms with E-state index in [1.54, 1.807) is 4.52 Å². The van der Waals surface area contributed by atoms with Crippen LogP contribution in [0.25, 0.3) is 5.52 Å². The third kappa shape index (κ3) is 2.42. The zero-order valence-electron chi connectivity index (χ0n) is 12.5. The highest BCUT2D eigenvalue weighted by Gasteiger charge is 2.23. The molecule has 21 heavy (non-hydrogen) atoms. The minimum absolute atomic E-state index is 0.114. The molecule has 7 nitrogen and oxygen atoms in total. The zero-order valence-corrected chi connectivity index (χ0v) is 13.4. The monoisotopic (exact) mass is 308 g/mol. The van der Waals surface area contributed by atoms with Gasteiger partial charge in [0, 0.05) is 26.2 Å². The van der Waals surface area contributed by atoms with Crippen molar-refractivity contribution in [3.05, 3.63) is 22.4 Å². The maximum absolute atomic E-state index is 12.7. The van der Waals surface area contributed by atoms with Gasteiger partial charge >= 0.3 is 0 Å². The van der Waals surface area contributed by atoms with Gasteiger partial charge in [-0.25, -0.2) is 4.98 Å². The summed E-state index contributed by atoms with van der Waals surface area (Å²) in [7, 11) is 0. The van der Waals surface area contributed by atoms with Crippen LogP contribution < -0.4 is 15.8 Å². The SMILES string of the molecule is Cc1nc(N2CCNCC2)n2ncn(C(C)(C)S)c(=O)c12. The molecule has 0 amide bonds. The van der Waals surface area contributed by atoms with Gasteiger partial charge in [0.05, 0.1) is 10.6 Å². The molecule has 2 aromatic rings. The number of thiol groups is 1. The lowest BCUT2D eigenvalue weighted by molar-refractivity contribution is 0.506. The minimum atomic E-state index is -0.599. The van der Waals surface area contributed by atoms with E-state index in [1.807, 2.05) is 20.8 Å². The van der Waals surface area contributed by atoms with E-state index >= 15 is 0 Å². The van der Waals surface area contributed by atoms with Crippen LogP contribution in [-0.4, -0.2) is 45.3 Å². The number of imidazole rings is 1. The molecule has 3 rings (SSSR count). The Morgan fingerprint density at radius 3 is 2.62 bits per heavy atom. The maximum Gasteiger partial charge on any atom is 0.280 e. The summed E-state index contributed by atoms with van der Waals surface area (Å²) >= 11 is 4.46. The van der Waals surface area contributed by atoms with Crippen LogP contribution in [0.4, 0.5) is 5.95 Å². The summed E-state index contributed by atoms with van der Waals surface area (Å²) in [5.41, 5.74) is 1.11. The summed E-state index contributed by atoms with van der Waals surface area (Å²) in [6, 6.07) is 0. The number of piperazine rings is 1. The van der Waals surface area contributed by atoms with Crippen molar-refractivity contribution in [2.24, 2.45) is 0 Å². The van der Waals surface area contributed by atoms with Gasteiger partial charge in [0.25, 0.3) is 5.56 Å². The molecular weight excluding hydrogens is 288 g/mol. The fourth-order valence-electron chi connectivity index (χ4n) is 2.59. The van der Waals surface area contributed by atoms with Crippen molar-refractivity contribution in [3.8, 4) is 0 Å². The number of hydrogen-bond acceptors (Lipinski definition) is 6. The highest BCUT2D eigenvalue weighted by atomic mass is 32.1. The first-order chi connectivity index (χ1) is 9.89. The van der Waals surface area contributed by atoms with Gasteiger partial charge in [-0.3, -0.25) is 9.36 Å². The van der Waals surface area contributed by atoms with Gasteiger partial charge in [-0.15, -0.1) is 0 Å². The first-order valence-corrected chi connectivity index (χ1v) is 7.50. The lowest BCUT2D eigenvalue weighted by atomic mass is 10.3. The van der Waals surface area contributed by atoms with Crippen molar-refractivity contribution in [3.63, 3.8) is 0 Å². The average molecular weight is 308 g/mol. The van der Waals surface area contributed by atoms with Crippen molar-refractivity contribution in [2.45, 2.75) is 25.6 Å². The van der Waals surface area contributed by atoms with Gasteiger partial charge in [0.1, 0.15) is 6.33 Å². The highest BCUT2D eigenvalue weighted by Crippen LogP contribution is 2.20. The molecule has 0 radical (unpaired) electrons. The van der Waals surface area contributed by atoms with Crippen LogP contribution in [0.2, 0.25) is 0 Å². The largest absolute Gasteiger partial charge is 0.338 e. The molecule has 0 aromatic carbocycles. The number of hydrogen-bond donors (Lipinski definition) is 2. The van der Waals surface area contributed by atoms with Crippen LogP contribution in [0.5, 0.6) is 0 Å². The van der Waals surface area contributed by atoms with Gasteiger partial charge in [0.2, 0.25) is 5.95 Å². The van der Waals surface area contributed by atoms with Crippen LogP contribution >= 0.6 is 12.6 Å². The molecule has 1 aliphatic rings. The third-order valence-electron chi connectivity index (χ3n) is 3.70. The maximum atomic E-state index is 12.7. The number of nitrogens with one attached hydrogen (secondary N) is 1. The fraction of sp³-hybridized carbons (Fsp3) is 0.615. The van der Waals surface area contributed by atoms with Crippen LogP contribution in [0.3, 0.4) is 0 Å². The molecule has 1 fully saturated rings. The Hall–Kier alpha value is -1.54. The smallest absolute Gasteiger partial charge is 0.280 e. The number of aryl methyl sites for hydroxylation is 1. The molecule has 114 valence electrons. The molecule has 0 unspecified atom stereocenters. The summed E-state index contributed by atoms with van der Waals surface area (Å²) in [5, 5.41) is 7.72. The van der Waals surface area contributed by atoms with E-state index in [0.717, 1.165) is 32.1 Å². The zero-order chi connectivity index (χ0) is 15.2. The molecule has 0 spiro atoms. The van der Waals surface area contributed by atoms with E-state index in [1.165, 1.54) is 10.9 Å². The Morgan fingerprint density at radius 1 is 1.33 bits per heavy atom. The average Bonchev–Trinajstić information content (AvgIpc) is 2.77. The molecule has 3 heterocycles. The van der Waals surface area contributed by atoms with Crippen molar-refractivity contribution < 1.29 is 0 Å². The Kier molecular flexibility index (Phi) is 3.45. The van der Waals surface area contributed by atoms with E-state index < -0.39 is 4.87 Å². The van der Waals surface area contributed by atoms with Gasteiger partial charge in [-0.1, -0.05) is 0 Å². The van der Waals surface area contributed by atoms with Gasteiger partial charge in [-0.2, -0.15) is 22.2 Å².